The highest BCUT2D eigenvalue weighted by atomic mass is 16.6. The number of hydrogen-bond acceptors (Lipinski definition) is 6. The number of benzene rings is 1. The summed E-state index contributed by atoms with van der Waals surface area (Å²) in [6, 6.07) is 8.60. The number of carbonyl (C=O) groups is 1. The van der Waals surface area contributed by atoms with Crippen LogP contribution < -0.4 is 5.32 Å². The quantitative estimate of drug-likeness (QED) is 0.637. The SMILES string of the molecule is N#Cc1ccc(NCc2ccc(C(=O)O)o2)c([N+](=O)[O-])c1. The number of carboxylic acids is 1. The number of nitrogens with one attached hydrogen (secondary N) is 1. The van der Waals surface area contributed by atoms with Gasteiger partial charge < -0.3 is 14.8 Å². The summed E-state index contributed by atoms with van der Waals surface area (Å²) in [6.45, 7) is 0.0834. The number of nitro benzene ring substituents is 1. The molecule has 1 aromatic carbocycles. The first-order valence-corrected chi connectivity index (χ1v) is 5.75. The largest absolute Gasteiger partial charge is 0.475 e. The van der Waals surface area contributed by atoms with Crippen molar-refractivity contribution in [3.05, 3.63) is 57.5 Å². The van der Waals surface area contributed by atoms with E-state index >= 15 is 0 Å². The first-order valence-electron chi connectivity index (χ1n) is 5.75. The molecule has 0 amide bonds. The zero-order chi connectivity index (χ0) is 15.4. The highest BCUT2D eigenvalue weighted by molar-refractivity contribution is 5.84. The molecule has 1 heterocycles. The lowest BCUT2D eigenvalue weighted by atomic mass is 10.2. The maximum atomic E-state index is 10.9. The number of nitrogens with zero attached hydrogens (tertiary/aromatic N) is 2. The molecular formula is C13H9N3O5. The first kappa shape index (κ1) is 14.1. The highest BCUT2D eigenvalue weighted by Crippen LogP contribution is 2.26. The summed E-state index contributed by atoms with van der Waals surface area (Å²) in [5.41, 5.74) is 0.157. The molecule has 0 aliphatic carbocycles. The summed E-state index contributed by atoms with van der Waals surface area (Å²) >= 11 is 0. The molecule has 106 valence electrons. The summed E-state index contributed by atoms with van der Waals surface area (Å²) in [5.74, 6) is -1.07. The number of nitriles is 1. The predicted molar refractivity (Wildman–Crippen MR) is 70.8 cm³/mol. The standard InChI is InChI=1S/C13H9N3O5/c14-6-8-1-3-10(11(5-8)16(19)20)15-7-9-2-4-12(21-9)13(17)18/h1-5,15H,7H2,(H,17,18). The Bertz CT molecular complexity index is 745. The molecule has 0 saturated heterocycles. The van der Waals surface area contributed by atoms with Gasteiger partial charge in [0.2, 0.25) is 5.76 Å². The molecule has 2 N–H and O–H groups in total. The van der Waals surface area contributed by atoms with Gasteiger partial charge in [-0.25, -0.2) is 4.79 Å². The van der Waals surface area contributed by atoms with Crippen molar-refractivity contribution in [2.45, 2.75) is 6.54 Å². The van der Waals surface area contributed by atoms with E-state index in [2.05, 4.69) is 5.32 Å². The Balaban J connectivity index is 2.17. The van der Waals surface area contributed by atoms with Crippen LogP contribution in [0.4, 0.5) is 11.4 Å². The van der Waals surface area contributed by atoms with E-state index in [1.54, 1.807) is 0 Å². The van der Waals surface area contributed by atoms with E-state index in [4.69, 9.17) is 14.8 Å². The summed E-state index contributed by atoms with van der Waals surface area (Å²) in [6.07, 6.45) is 0. The minimum Gasteiger partial charge on any atom is -0.475 e. The number of carboxylic acid groups (broad SMARTS) is 1. The number of rotatable bonds is 5. The minimum absolute atomic E-state index is 0.0834. The first-order chi connectivity index (χ1) is 10.0. The van der Waals surface area contributed by atoms with Crippen LogP contribution in [0, 0.1) is 21.4 Å². The molecular weight excluding hydrogens is 278 g/mol. The molecule has 0 fully saturated rings. The topological polar surface area (TPSA) is 129 Å². The van der Waals surface area contributed by atoms with E-state index in [9.17, 15) is 14.9 Å². The lowest BCUT2D eigenvalue weighted by Gasteiger charge is -2.05. The van der Waals surface area contributed by atoms with Gasteiger partial charge in [-0.2, -0.15) is 5.26 Å². The Morgan fingerprint density at radius 2 is 2.19 bits per heavy atom. The van der Waals surface area contributed by atoms with Crippen LogP contribution in [-0.4, -0.2) is 16.0 Å². The lowest BCUT2D eigenvalue weighted by Crippen LogP contribution is -2.02. The molecule has 8 nitrogen and oxygen atoms in total. The zero-order valence-electron chi connectivity index (χ0n) is 10.6. The molecule has 0 bridgehead atoms. The van der Waals surface area contributed by atoms with Crippen LogP contribution >= 0.6 is 0 Å². The molecule has 0 radical (unpaired) electrons. The van der Waals surface area contributed by atoms with Crippen molar-refractivity contribution in [3.8, 4) is 6.07 Å². The van der Waals surface area contributed by atoms with Gasteiger partial charge in [-0.15, -0.1) is 0 Å². The van der Waals surface area contributed by atoms with Crippen LogP contribution in [0.25, 0.3) is 0 Å². The number of furan rings is 1. The van der Waals surface area contributed by atoms with Gasteiger partial charge >= 0.3 is 5.97 Å². The second-order valence-electron chi connectivity index (χ2n) is 4.03. The molecule has 0 unspecified atom stereocenters. The fraction of sp³-hybridized carbons (Fsp3) is 0.0769. The number of hydrogen-bond donors (Lipinski definition) is 2. The zero-order valence-corrected chi connectivity index (χ0v) is 10.6. The average molecular weight is 287 g/mol. The third kappa shape index (κ3) is 3.16. The number of nitro groups is 1. The van der Waals surface area contributed by atoms with E-state index in [0.29, 0.717) is 5.76 Å². The molecule has 8 heteroatoms. The fourth-order valence-corrected chi connectivity index (χ4v) is 1.67. The van der Waals surface area contributed by atoms with E-state index in [-0.39, 0.29) is 29.2 Å². The molecule has 21 heavy (non-hydrogen) atoms. The van der Waals surface area contributed by atoms with Crippen molar-refractivity contribution < 1.29 is 19.2 Å². The van der Waals surface area contributed by atoms with Crippen LogP contribution in [0.3, 0.4) is 0 Å². The lowest BCUT2D eigenvalue weighted by molar-refractivity contribution is -0.384. The van der Waals surface area contributed by atoms with E-state index in [1.165, 1.54) is 24.3 Å². The molecule has 0 spiro atoms. The number of anilines is 1. The maximum Gasteiger partial charge on any atom is 0.371 e. The highest BCUT2D eigenvalue weighted by Gasteiger charge is 2.15. The summed E-state index contributed by atoms with van der Waals surface area (Å²) in [7, 11) is 0. The van der Waals surface area contributed by atoms with Crippen molar-refractivity contribution in [3.63, 3.8) is 0 Å². The van der Waals surface area contributed by atoms with Gasteiger partial charge in [0.05, 0.1) is 23.1 Å². The van der Waals surface area contributed by atoms with Gasteiger partial charge in [-0.3, -0.25) is 10.1 Å². The molecule has 2 rings (SSSR count). The van der Waals surface area contributed by atoms with Gasteiger partial charge in [-0.1, -0.05) is 0 Å². The monoisotopic (exact) mass is 287 g/mol. The smallest absolute Gasteiger partial charge is 0.371 e. The van der Waals surface area contributed by atoms with E-state index in [1.807, 2.05) is 6.07 Å². The Kier molecular flexibility index (Phi) is 3.85. The molecule has 0 atom stereocenters. The average Bonchev–Trinajstić information content (AvgIpc) is 2.94. The second kappa shape index (κ2) is 5.75. The van der Waals surface area contributed by atoms with Gasteiger partial charge in [0.1, 0.15) is 11.4 Å². The Morgan fingerprint density at radius 1 is 1.43 bits per heavy atom. The van der Waals surface area contributed by atoms with Crippen molar-refractivity contribution in [2.24, 2.45) is 0 Å². The van der Waals surface area contributed by atoms with Crippen LogP contribution in [0.1, 0.15) is 21.9 Å². The summed E-state index contributed by atoms with van der Waals surface area (Å²) in [4.78, 5) is 21.0. The number of aromatic carboxylic acids is 1. The fourth-order valence-electron chi connectivity index (χ4n) is 1.67. The molecule has 0 aliphatic rings. The maximum absolute atomic E-state index is 10.9. The van der Waals surface area contributed by atoms with Crippen molar-refractivity contribution in [1.82, 2.24) is 0 Å². The van der Waals surface area contributed by atoms with Crippen LogP contribution in [0.15, 0.2) is 34.7 Å². The van der Waals surface area contributed by atoms with Crippen LogP contribution in [0.2, 0.25) is 0 Å². The molecule has 2 aromatic rings. The Morgan fingerprint density at radius 3 is 2.76 bits per heavy atom. The van der Waals surface area contributed by atoms with Gasteiger partial charge in [0, 0.05) is 6.07 Å². The Labute approximate surface area is 118 Å². The molecule has 0 saturated carbocycles. The van der Waals surface area contributed by atoms with Gasteiger partial charge in [0.15, 0.2) is 0 Å². The third-order valence-electron chi connectivity index (χ3n) is 2.65. The van der Waals surface area contributed by atoms with Gasteiger partial charge in [-0.05, 0) is 24.3 Å². The van der Waals surface area contributed by atoms with E-state index < -0.39 is 10.9 Å². The Hall–Kier alpha value is -3.34. The summed E-state index contributed by atoms with van der Waals surface area (Å²) < 4.78 is 5.03. The third-order valence-corrected chi connectivity index (χ3v) is 2.65. The minimum atomic E-state index is -1.19. The van der Waals surface area contributed by atoms with Crippen molar-refractivity contribution in [1.29, 1.82) is 5.26 Å². The van der Waals surface area contributed by atoms with Crippen LogP contribution in [-0.2, 0) is 6.54 Å². The molecule has 0 aliphatic heterocycles. The van der Waals surface area contributed by atoms with Crippen molar-refractivity contribution in [2.75, 3.05) is 5.32 Å². The normalized spacial score (nSPS) is 9.86. The second-order valence-corrected chi connectivity index (χ2v) is 4.03. The predicted octanol–water partition coefficient (Wildman–Crippen LogP) is 2.37. The van der Waals surface area contributed by atoms with Crippen LogP contribution in [0.5, 0.6) is 0 Å². The summed E-state index contributed by atoms with van der Waals surface area (Å²) in [5, 5.41) is 31.2. The van der Waals surface area contributed by atoms with Crippen molar-refractivity contribution >= 4 is 17.3 Å². The van der Waals surface area contributed by atoms with E-state index in [0.717, 1.165) is 6.07 Å². The molecule has 1 aromatic heterocycles. The van der Waals surface area contributed by atoms with Gasteiger partial charge in [0.25, 0.3) is 5.69 Å².